The Morgan fingerprint density at radius 1 is 1.36 bits per heavy atom. The van der Waals surface area contributed by atoms with Crippen LogP contribution in [0.15, 0.2) is 0 Å². The second-order valence-corrected chi connectivity index (χ2v) is 3.94. The van der Waals surface area contributed by atoms with Crippen molar-refractivity contribution in [2.45, 2.75) is 39.5 Å². The Labute approximate surface area is 70.6 Å². The Balaban J connectivity index is 2.13. The number of hydrogen-bond acceptors (Lipinski definition) is 1. The first kappa shape index (κ1) is 9.05. The van der Waals surface area contributed by atoms with Gasteiger partial charge in [-0.3, -0.25) is 0 Å². The highest BCUT2D eigenvalue weighted by Gasteiger charge is 2.14. The summed E-state index contributed by atoms with van der Waals surface area (Å²) in [5.41, 5.74) is 0. The van der Waals surface area contributed by atoms with Crippen LogP contribution in [0.3, 0.4) is 0 Å². The highest BCUT2D eigenvalue weighted by atomic mass is 14.9. The van der Waals surface area contributed by atoms with Gasteiger partial charge >= 0.3 is 0 Å². The van der Waals surface area contributed by atoms with Gasteiger partial charge in [-0.2, -0.15) is 0 Å². The van der Waals surface area contributed by atoms with Crippen molar-refractivity contribution < 1.29 is 0 Å². The summed E-state index contributed by atoms with van der Waals surface area (Å²) in [7, 11) is 0. The first-order chi connectivity index (χ1) is 5.33. The number of nitrogens with one attached hydrogen (secondary N) is 1. The van der Waals surface area contributed by atoms with Gasteiger partial charge in [0.05, 0.1) is 0 Å². The zero-order chi connectivity index (χ0) is 8.10. The summed E-state index contributed by atoms with van der Waals surface area (Å²) in [6.07, 6.45) is 5.62. The summed E-state index contributed by atoms with van der Waals surface area (Å²) in [6, 6.07) is 0. The van der Waals surface area contributed by atoms with Gasteiger partial charge in [-0.25, -0.2) is 0 Å². The third-order valence-electron chi connectivity index (χ3n) is 2.89. The molecule has 1 nitrogen and oxygen atoms in total. The minimum Gasteiger partial charge on any atom is -0.317 e. The standard InChI is InChI=1S/C10H21N/c1-3-9(2)8-10-4-6-11-7-5-10/h9-11H,3-8H2,1-2H3. The van der Waals surface area contributed by atoms with Gasteiger partial charge in [0.2, 0.25) is 0 Å². The highest BCUT2D eigenvalue weighted by molar-refractivity contribution is 4.70. The predicted octanol–water partition coefficient (Wildman–Crippen LogP) is 2.42. The maximum atomic E-state index is 3.41. The number of hydrogen-bond donors (Lipinski definition) is 1. The lowest BCUT2D eigenvalue weighted by Crippen LogP contribution is -2.28. The van der Waals surface area contributed by atoms with Crippen molar-refractivity contribution in [3.8, 4) is 0 Å². The molecule has 66 valence electrons. The molecule has 0 aromatic carbocycles. The third-order valence-corrected chi connectivity index (χ3v) is 2.89. The van der Waals surface area contributed by atoms with E-state index < -0.39 is 0 Å². The predicted molar refractivity (Wildman–Crippen MR) is 49.7 cm³/mol. The van der Waals surface area contributed by atoms with E-state index in [0.717, 1.165) is 11.8 Å². The monoisotopic (exact) mass is 155 g/mol. The molecule has 1 aliphatic heterocycles. The van der Waals surface area contributed by atoms with E-state index in [2.05, 4.69) is 19.2 Å². The van der Waals surface area contributed by atoms with Gasteiger partial charge in [-0.05, 0) is 44.2 Å². The van der Waals surface area contributed by atoms with Crippen LogP contribution in [0.4, 0.5) is 0 Å². The molecule has 1 aliphatic rings. The summed E-state index contributed by atoms with van der Waals surface area (Å²) in [5.74, 6) is 1.96. The molecule has 1 unspecified atom stereocenters. The van der Waals surface area contributed by atoms with Crippen molar-refractivity contribution in [2.24, 2.45) is 11.8 Å². The van der Waals surface area contributed by atoms with Crippen molar-refractivity contribution >= 4 is 0 Å². The normalized spacial score (nSPS) is 23.5. The van der Waals surface area contributed by atoms with Gasteiger partial charge < -0.3 is 5.32 Å². The fourth-order valence-corrected chi connectivity index (χ4v) is 1.85. The molecule has 0 spiro atoms. The SMILES string of the molecule is CCC(C)CC1CCNCC1. The summed E-state index contributed by atoms with van der Waals surface area (Å²) in [4.78, 5) is 0. The Bertz CT molecular complexity index is 95.0. The molecule has 0 aromatic rings. The summed E-state index contributed by atoms with van der Waals surface area (Å²) in [5, 5.41) is 3.41. The largest absolute Gasteiger partial charge is 0.317 e. The van der Waals surface area contributed by atoms with Crippen LogP contribution in [-0.4, -0.2) is 13.1 Å². The van der Waals surface area contributed by atoms with Crippen LogP contribution in [-0.2, 0) is 0 Å². The van der Waals surface area contributed by atoms with Crippen molar-refractivity contribution in [1.82, 2.24) is 5.32 Å². The van der Waals surface area contributed by atoms with Gasteiger partial charge in [0, 0.05) is 0 Å². The van der Waals surface area contributed by atoms with Crippen molar-refractivity contribution in [3.05, 3.63) is 0 Å². The van der Waals surface area contributed by atoms with Crippen LogP contribution in [0, 0.1) is 11.8 Å². The smallest absolute Gasteiger partial charge is 0.00463 e. The molecule has 0 amide bonds. The lowest BCUT2D eigenvalue weighted by atomic mass is 9.88. The zero-order valence-electron chi connectivity index (χ0n) is 7.90. The van der Waals surface area contributed by atoms with Gasteiger partial charge in [0.25, 0.3) is 0 Å². The van der Waals surface area contributed by atoms with E-state index in [1.807, 2.05) is 0 Å². The fraction of sp³-hybridized carbons (Fsp3) is 1.00. The van der Waals surface area contributed by atoms with Crippen molar-refractivity contribution in [1.29, 1.82) is 0 Å². The van der Waals surface area contributed by atoms with Crippen LogP contribution >= 0.6 is 0 Å². The molecule has 0 radical (unpaired) electrons. The Morgan fingerprint density at radius 2 is 2.00 bits per heavy atom. The number of rotatable bonds is 3. The molecule has 0 aliphatic carbocycles. The first-order valence-electron chi connectivity index (χ1n) is 5.03. The van der Waals surface area contributed by atoms with Crippen molar-refractivity contribution in [2.75, 3.05) is 13.1 Å². The van der Waals surface area contributed by atoms with E-state index >= 15 is 0 Å². The van der Waals surface area contributed by atoms with E-state index in [9.17, 15) is 0 Å². The van der Waals surface area contributed by atoms with E-state index in [0.29, 0.717) is 0 Å². The van der Waals surface area contributed by atoms with Gasteiger partial charge in [-0.1, -0.05) is 20.3 Å². The summed E-state index contributed by atoms with van der Waals surface area (Å²) >= 11 is 0. The van der Waals surface area contributed by atoms with E-state index in [1.54, 1.807) is 0 Å². The quantitative estimate of drug-likeness (QED) is 0.660. The minimum atomic E-state index is 0.943. The Hall–Kier alpha value is -0.0400. The lowest BCUT2D eigenvalue weighted by molar-refractivity contribution is 0.305. The maximum Gasteiger partial charge on any atom is -0.00463 e. The van der Waals surface area contributed by atoms with Crippen LogP contribution in [0.2, 0.25) is 0 Å². The average molecular weight is 155 g/mol. The molecular formula is C10H21N. The molecule has 1 fully saturated rings. The van der Waals surface area contributed by atoms with E-state index in [-0.39, 0.29) is 0 Å². The van der Waals surface area contributed by atoms with Crippen LogP contribution in [0.25, 0.3) is 0 Å². The molecule has 1 rings (SSSR count). The molecular weight excluding hydrogens is 134 g/mol. The van der Waals surface area contributed by atoms with E-state index in [1.165, 1.54) is 38.8 Å². The van der Waals surface area contributed by atoms with Crippen molar-refractivity contribution in [3.63, 3.8) is 0 Å². The van der Waals surface area contributed by atoms with E-state index in [4.69, 9.17) is 0 Å². The highest BCUT2D eigenvalue weighted by Crippen LogP contribution is 2.22. The molecule has 1 atom stereocenters. The molecule has 1 saturated heterocycles. The zero-order valence-corrected chi connectivity index (χ0v) is 7.90. The fourth-order valence-electron chi connectivity index (χ4n) is 1.85. The van der Waals surface area contributed by atoms with Crippen LogP contribution < -0.4 is 5.32 Å². The molecule has 1 N–H and O–H groups in total. The molecule has 1 heteroatoms. The van der Waals surface area contributed by atoms with Crippen LogP contribution in [0.5, 0.6) is 0 Å². The van der Waals surface area contributed by atoms with Gasteiger partial charge in [0.1, 0.15) is 0 Å². The second kappa shape index (κ2) is 4.76. The molecule has 1 heterocycles. The maximum absolute atomic E-state index is 3.41. The molecule has 0 bridgehead atoms. The average Bonchev–Trinajstić information content (AvgIpc) is 2.06. The second-order valence-electron chi connectivity index (χ2n) is 3.94. The lowest BCUT2D eigenvalue weighted by Gasteiger charge is -2.24. The van der Waals surface area contributed by atoms with Gasteiger partial charge in [0.15, 0.2) is 0 Å². The first-order valence-corrected chi connectivity index (χ1v) is 5.03. The Morgan fingerprint density at radius 3 is 2.55 bits per heavy atom. The molecule has 0 saturated carbocycles. The summed E-state index contributed by atoms with van der Waals surface area (Å²) < 4.78 is 0. The third kappa shape index (κ3) is 3.24. The number of piperidine rings is 1. The molecule has 11 heavy (non-hydrogen) atoms. The minimum absolute atomic E-state index is 0.943. The topological polar surface area (TPSA) is 12.0 Å². The molecule has 0 aromatic heterocycles. The van der Waals surface area contributed by atoms with Crippen LogP contribution in [0.1, 0.15) is 39.5 Å². The Kier molecular flexibility index (Phi) is 3.92. The summed E-state index contributed by atoms with van der Waals surface area (Å²) in [6.45, 7) is 7.18. The van der Waals surface area contributed by atoms with Gasteiger partial charge in [-0.15, -0.1) is 0 Å².